The topological polar surface area (TPSA) is 97.1 Å². The van der Waals surface area contributed by atoms with Crippen LogP contribution in [0.5, 0.6) is 0 Å². The Balaban J connectivity index is 1.35. The van der Waals surface area contributed by atoms with Crippen LogP contribution in [0.1, 0.15) is 37.2 Å². The van der Waals surface area contributed by atoms with Crippen molar-refractivity contribution in [2.45, 2.75) is 19.9 Å². The lowest BCUT2D eigenvalue weighted by Crippen LogP contribution is -2.26. The van der Waals surface area contributed by atoms with Crippen molar-refractivity contribution in [3.8, 4) is 11.3 Å². The zero-order chi connectivity index (χ0) is 24.1. The fourth-order valence-corrected chi connectivity index (χ4v) is 4.26. The number of amides is 2. The molecule has 7 nitrogen and oxygen atoms in total. The Bertz CT molecular complexity index is 1340. The predicted octanol–water partition coefficient (Wildman–Crippen LogP) is 4.80. The quantitative estimate of drug-likeness (QED) is 0.363. The molecule has 4 rings (SSSR count). The first-order valence-corrected chi connectivity index (χ1v) is 11.6. The first kappa shape index (κ1) is 23.6. The third-order valence-corrected chi connectivity index (χ3v) is 6.22. The van der Waals surface area contributed by atoms with Crippen LogP contribution in [0.15, 0.2) is 58.4 Å². The fraction of sp³-hybridized carbons (Fsp3) is 0.167. The monoisotopic (exact) mass is 498 g/mol. The van der Waals surface area contributed by atoms with Gasteiger partial charge in [0.2, 0.25) is 0 Å². The molecule has 0 unspecified atom stereocenters. The molecular weight excluding hydrogens is 479 g/mol. The second-order valence-electron chi connectivity index (χ2n) is 7.35. The number of aryl methyl sites for hydroxylation is 1. The molecule has 0 spiro atoms. The zero-order valence-electron chi connectivity index (χ0n) is 18.1. The minimum absolute atomic E-state index is 0.124. The molecule has 174 valence electrons. The Labute approximate surface area is 204 Å². The van der Waals surface area contributed by atoms with Gasteiger partial charge in [0.05, 0.1) is 11.6 Å². The van der Waals surface area contributed by atoms with E-state index in [0.29, 0.717) is 39.0 Å². The number of rotatable bonds is 8. The smallest absolute Gasteiger partial charge is 0.270 e. The highest BCUT2D eigenvalue weighted by atomic mass is 35.5. The van der Waals surface area contributed by atoms with E-state index in [9.17, 15) is 14.0 Å². The van der Waals surface area contributed by atoms with Crippen molar-refractivity contribution < 1.29 is 18.5 Å². The number of thiazole rings is 1. The van der Waals surface area contributed by atoms with E-state index >= 15 is 0 Å². The second-order valence-corrected chi connectivity index (χ2v) is 8.70. The SMILES string of the molecule is Cc1onc(-c2ccccc2Cl)c1C(=O)NCc1nc(C(=O)NCCc2ccccc2F)cs1. The summed E-state index contributed by atoms with van der Waals surface area (Å²) in [6.45, 7) is 2.05. The van der Waals surface area contributed by atoms with Crippen molar-refractivity contribution in [3.63, 3.8) is 0 Å². The number of hydrogen-bond donors (Lipinski definition) is 2. The molecule has 2 heterocycles. The lowest BCUT2D eigenvalue weighted by atomic mass is 10.1. The normalized spacial score (nSPS) is 10.8. The molecule has 0 aliphatic carbocycles. The zero-order valence-corrected chi connectivity index (χ0v) is 19.7. The molecular formula is C24H20ClFN4O3S. The van der Waals surface area contributed by atoms with Gasteiger partial charge in [-0.3, -0.25) is 9.59 Å². The number of aromatic nitrogens is 2. The Morgan fingerprint density at radius 2 is 1.85 bits per heavy atom. The summed E-state index contributed by atoms with van der Waals surface area (Å²) in [5.41, 5.74) is 2.01. The highest BCUT2D eigenvalue weighted by Gasteiger charge is 2.23. The molecule has 0 bridgehead atoms. The van der Waals surface area contributed by atoms with Gasteiger partial charge in [-0.25, -0.2) is 9.37 Å². The van der Waals surface area contributed by atoms with Crippen molar-refractivity contribution in [2.24, 2.45) is 0 Å². The summed E-state index contributed by atoms with van der Waals surface area (Å²) in [6, 6.07) is 13.5. The summed E-state index contributed by atoms with van der Waals surface area (Å²) in [5.74, 6) is -0.688. The minimum Gasteiger partial charge on any atom is -0.360 e. The van der Waals surface area contributed by atoms with Gasteiger partial charge in [-0.15, -0.1) is 11.3 Å². The fourth-order valence-electron chi connectivity index (χ4n) is 3.32. The average molecular weight is 499 g/mol. The van der Waals surface area contributed by atoms with Crippen LogP contribution in [0.25, 0.3) is 11.3 Å². The lowest BCUT2D eigenvalue weighted by molar-refractivity contribution is 0.0944. The van der Waals surface area contributed by atoms with E-state index in [1.165, 1.54) is 17.4 Å². The molecule has 0 atom stereocenters. The van der Waals surface area contributed by atoms with Gasteiger partial charge < -0.3 is 15.2 Å². The lowest BCUT2D eigenvalue weighted by Gasteiger charge is -2.06. The van der Waals surface area contributed by atoms with E-state index in [1.54, 1.807) is 54.8 Å². The third-order valence-electron chi connectivity index (χ3n) is 5.04. The van der Waals surface area contributed by atoms with Gasteiger partial charge in [0.1, 0.15) is 33.5 Å². The van der Waals surface area contributed by atoms with Crippen molar-refractivity contribution in [2.75, 3.05) is 6.54 Å². The molecule has 2 aromatic carbocycles. The molecule has 0 fully saturated rings. The Hall–Kier alpha value is -3.56. The number of halogens is 2. The maximum Gasteiger partial charge on any atom is 0.270 e. The van der Waals surface area contributed by atoms with Crippen LogP contribution in [0.3, 0.4) is 0 Å². The van der Waals surface area contributed by atoms with Crippen molar-refractivity contribution in [1.82, 2.24) is 20.8 Å². The van der Waals surface area contributed by atoms with Gasteiger partial charge in [-0.05, 0) is 31.0 Å². The van der Waals surface area contributed by atoms with Gasteiger partial charge in [-0.1, -0.05) is 53.2 Å². The molecule has 2 N–H and O–H groups in total. The maximum absolute atomic E-state index is 13.7. The van der Waals surface area contributed by atoms with E-state index in [1.807, 2.05) is 0 Å². The molecule has 10 heteroatoms. The standard InChI is InChI=1S/C24H20ClFN4O3S/c1-14-21(22(30-33-14)16-7-3-4-8-17(16)25)24(32)28-12-20-29-19(13-34-20)23(31)27-11-10-15-6-2-5-9-18(15)26/h2-9,13H,10-12H2,1H3,(H,27,31)(H,28,32). The summed E-state index contributed by atoms with van der Waals surface area (Å²) < 4.78 is 18.9. The third kappa shape index (κ3) is 5.32. The van der Waals surface area contributed by atoms with Crippen molar-refractivity contribution in [1.29, 1.82) is 0 Å². The minimum atomic E-state index is -0.389. The molecule has 0 saturated heterocycles. The summed E-state index contributed by atoms with van der Waals surface area (Å²) >= 11 is 7.50. The number of carbonyl (C=O) groups excluding carboxylic acids is 2. The molecule has 0 aliphatic heterocycles. The summed E-state index contributed by atoms with van der Waals surface area (Å²) in [5, 5.41) is 12.1. The first-order chi connectivity index (χ1) is 16.4. The van der Waals surface area contributed by atoms with E-state index in [-0.39, 0.29) is 42.0 Å². The molecule has 0 radical (unpaired) electrons. The Morgan fingerprint density at radius 1 is 1.09 bits per heavy atom. The molecule has 0 saturated carbocycles. The second kappa shape index (κ2) is 10.6. The molecule has 2 amide bonds. The van der Waals surface area contributed by atoms with Crippen LogP contribution >= 0.6 is 22.9 Å². The van der Waals surface area contributed by atoms with Crippen LogP contribution in [-0.4, -0.2) is 28.5 Å². The number of nitrogens with one attached hydrogen (secondary N) is 2. The van der Waals surface area contributed by atoms with Gasteiger partial charge in [-0.2, -0.15) is 0 Å². The van der Waals surface area contributed by atoms with E-state index < -0.39 is 0 Å². The Kier molecular flexibility index (Phi) is 7.34. The first-order valence-electron chi connectivity index (χ1n) is 10.4. The average Bonchev–Trinajstić information content (AvgIpc) is 3.46. The molecule has 4 aromatic rings. The van der Waals surface area contributed by atoms with Crippen molar-refractivity contribution >= 4 is 34.8 Å². The number of nitrogens with zero attached hydrogens (tertiary/aromatic N) is 2. The van der Waals surface area contributed by atoms with Crippen LogP contribution in [0, 0.1) is 12.7 Å². The van der Waals surface area contributed by atoms with Gasteiger partial charge in [0.15, 0.2) is 0 Å². The van der Waals surface area contributed by atoms with Crippen LogP contribution < -0.4 is 10.6 Å². The number of hydrogen-bond acceptors (Lipinski definition) is 6. The highest BCUT2D eigenvalue weighted by Crippen LogP contribution is 2.31. The van der Waals surface area contributed by atoms with Gasteiger partial charge in [0.25, 0.3) is 11.8 Å². The largest absolute Gasteiger partial charge is 0.360 e. The molecule has 0 aliphatic rings. The van der Waals surface area contributed by atoms with E-state index in [4.69, 9.17) is 16.1 Å². The maximum atomic E-state index is 13.7. The summed E-state index contributed by atoms with van der Waals surface area (Å²) in [7, 11) is 0. The molecule has 2 aromatic heterocycles. The van der Waals surface area contributed by atoms with E-state index in [0.717, 1.165) is 0 Å². The summed E-state index contributed by atoms with van der Waals surface area (Å²) in [6.07, 6.45) is 0.372. The number of carbonyl (C=O) groups is 2. The summed E-state index contributed by atoms with van der Waals surface area (Å²) in [4.78, 5) is 29.5. The van der Waals surface area contributed by atoms with Crippen LogP contribution in [0.4, 0.5) is 4.39 Å². The Morgan fingerprint density at radius 3 is 2.65 bits per heavy atom. The molecule has 34 heavy (non-hydrogen) atoms. The van der Waals surface area contributed by atoms with Gasteiger partial charge in [0, 0.05) is 17.5 Å². The van der Waals surface area contributed by atoms with Crippen molar-refractivity contribution in [3.05, 3.63) is 92.3 Å². The van der Waals surface area contributed by atoms with E-state index in [2.05, 4.69) is 20.8 Å². The van der Waals surface area contributed by atoms with Crippen LogP contribution in [-0.2, 0) is 13.0 Å². The number of benzene rings is 2. The van der Waals surface area contributed by atoms with Crippen LogP contribution in [0.2, 0.25) is 5.02 Å². The highest BCUT2D eigenvalue weighted by molar-refractivity contribution is 7.09. The predicted molar refractivity (Wildman–Crippen MR) is 127 cm³/mol. The van der Waals surface area contributed by atoms with Gasteiger partial charge >= 0.3 is 0 Å².